The predicted octanol–water partition coefficient (Wildman–Crippen LogP) is 1.76. The SMILES string of the molecule is OCC1(CN2CCCC2)CCN(c2ccncc2)CC1. The number of pyridine rings is 1. The molecule has 4 nitrogen and oxygen atoms in total. The molecule has 2 aliphatic rings. The Bertz CT molecular complexity index is 409. The molecule has 1 N–H and O–H groups in total. The second kappa shape index (κ2) is 6.10. The van der Waals surface area contributed by atoms with Gasteiger partial charge in [-0.05, 0) is 50.9 Å². The highest BCUT2D eigenvalue weighted by atomic mass is 16.3. The zero-order valence-corrected chi connectivity index (χ0v) is 12.2. The van der Waals surface area contributed by atoms with Crippen LogP contribution in [0.25, 0.3) is 0 Å². The fraction of sp³-hybridized carbons (Fsp3) is 0.688. The number of likely N-dealkylation sites (tertiary alicyclic amines) is 1. The molecule has 20 heavy (non-hydrogen) atoms. The lowest BCUT2D eigenvalue weighted by atomic mass is 9.78. The lowest BCUT2D eigenvalue weighted by Gasteiger charge is -2.43. The Kier molecular flexibility index (Phi) is 4.22. The van der Waals surface area contributed by atoms with E-state index in [0.717, 1.165) is 32.5 Å². The number of hydrogen-bond acceptors (Lipinski definition) is 4. The number of aliphatic hydroxyl groups is 1. The number of hydrogen-bond donors (Lipinski definition) is 1. The van der Waals surface area contributed by atoms with Gasteiger partial charge in [0.15, 0.2) is 0 Å². The average Bonchev–Trinajstić information content (AvgIpc) is 3.02. The van der Waals surface area contributed by atoms with Crippen molar-refractivity contribution in [1.82, 2.24) is 9.88 Å². The number of piperidine rings is 1. The Morgan fingerprint density at radius 2 is 1.70 bits per heavy atom. The molecule has 2 fully saturated rings. The molecule has 0 radical (unpaired) electrons. The van der Waals surface area contributed by atoms with Gasteiger partial charge < -0.3 is 14.9 Å². The Morgan fingerprint density at radius 3 is 2.30 bits per heavy atom. The molecule has 4 heteroatoms. The highest BCUT2D eigenvalue weighted by molar-refractivity contribution is 5.45. The summed E-state index contributed by atoms with van der Waals surface area (Å²) in [6, 6.07) is 4.15. The summed E-state index contributed by atoms with van der Waals surface area (Å²) in [5.74, 6) is 0. The third kappa shape index (κ3) is 2.96. The van der Waals surface area contributed by atoms with E-state index >= 15 is 0 Å². The van der Waals surface area contributed by atoms with Gasteiger partial charge in [-0.2, -0.15) is 0 Å². The van der Waals surface area contributed by atoms with E-state index in [2.05, 4.69) is 26.9 Å². The van der Waals surface area contributed by atoms with Crippen molar-refractivity contribution in [3.05, 3.63) is 24.5 Å². The van der Waals surface area contributed by atoms with Gasteiger partial charge in [0, 0.05) is 43.1 Å². The minimum atomic E-state index is 0.119. The highest BCUT2D eigenvalue weighted by Crippen LogP contribution is 2.34. The first-order valence-corrected chi connectivity index (χ1v) is 7.80. The average molecular weight is 275 g/mol. The Balaban J connectivity index is 1.60. The van der Waals surface area contributed by atoms with Crippen LogP contribution >= 0.6 is 0 Å². The van der Waals surface area contributed by atoms with Crippen LogP contribution in [0.1, 0.15) is 25.7 Å². The molecular weight excluding hydrogens is 250 g/mol. The Labute approximate surface area is 121 Å². The van der Waals surface area contributed by atoms with Crippen molar-refractivity contribution in [2.45, 2.75) is 25.7 Å². The molecule has 0 spiro atoms. The van der Waals surface area contributed by atoms with Gasteiger partial charge >= 0.3 is 0 Å². The number of aromatic nitrogens is 1. The van der Waals surface area contributed by atoms with Crippen LogP contribution in [0, 0.1) is 5.41 Å². The monoisotopic (exact) mass is 275 g/mol. The number of rotatable bonds is 4. The van der Waals surface area contributed by atoms with E-state index in [4.69, 9.17) is 0 Å². The van der Waals surface area contributed by atoms with Crippen LogP contribution in [0.15, 0.2) is 24.5 Å². The van der Waals surface area contributed by atoms with Crippen molar-refractivity contribution in [3.63, 3.8) is 0 Å². The molecule has 0 unspecified atom stereocenters. The quantitative estimate of drug-likeness (QED) is 0.909. The standard InChI is InChI=1S/C16H25N3O/c20-14-16(13-18-9-1-2-10-18)5-11-19(12-6-16)15-3-7-17-8-4-15/h3-4,7-8,20H,1-2,5-6,9-14H2. The molecule has 3 heterocycles. The van der Waals surface area contributed by atoms with E-state index in [1.54, 1.807) is 0 Å². The number of anilines is 1. The lowest BCUT2D eigenvalue weighted by molar-refractivity contribution is 0.0596. The van der Waals surface area contributed by atoms with Gasteiger partial charge in [0.25, 0.3) is 0 Å². The van der Waals surface area contributed by atoms with Crippen LogP contribution in [0.4, 0.5) is 5.69 Å². The summed E-state index contributed by atoms with van der Waals surface area (Å²) in [6.45, 7) is 5.92. The summed E-state index contributed by atoms with van der Waals surface area (Å²) in [5, 5.41) is 9.90. The van der Waals surface area contributed by atoms with Crippen molar-refractivity contribution in [3.8, 4) is 0 Å². The first-order chi connectivity index (χ1) is 9.81. The van der Waals surface area contributed by atoms with Crippen LogP contribution in [-0.4, -0.2) is 54.3 Å². The smallest absolute Gasteiger partial charge is 0.0501 e. The van der Waals surface area contributed by atoms with Crippen molar-refractivity contribution in [2.24, 2.45) is 5.41 Å². The van der Waals surface area contributed by atoms with Crippen LogP contribution in [0.3, 0.4) is 0 Å². The highest BCUT2D eigenvalue weighted by Gasteiger charge is 2.36. The molecule has 110 valence electrons. The summed E-state index contributed by atoms with van der Waals surface area (Å²) in [5.41, 5.74) is 1.38. The molecule has 0 bridgehead atoms. The predicted molar refractivity (Wildman–Crippen MR) is 80.9 cm³/mol. The number of nitrogens with zero attached hydrogens (tertiary/aromatic N) is 3. The molecule has 0 saturated carbocycles. The van der Waals surface area contributed by atoms with Gasteiger partial charge in [0.2, 0.25) is 0 Å². The molecule has 2 saturated heterocycles. The van der Waals surface area contributed by atoms with Crippen LogP contribution in [0.5, 0.6) is 0 Å². The largest absolute Gasteiger partial charge is 0.396 e. The first-order valence-electron chi connectivity index (χ1n) is 7.80. The molecule has 0 aromatic carbocycles. The summed E-state index contributed by atoms with van der Waals surface area (Å²) >= 11 is 0. The molecule has 2 aliphatic heterocycles. The van der Waals surface area contributed by atoms with Crippen LogP contribution in [-0.2, 0) is 0 Å². The van der Waals surface area contributed by atoms with E-state index in [1.165, 1.54) is 31.6 Å². The summed E-state index contributed by atoms with van der Waals surface area (Å²) in [4.78, 5) is 9.04. The van der Waals surface area contributed by atoms with Gasteiger partial charge in [-0.15, -0.1) is 0 Å². The normalized spacial score (nSPS) is 23.1. The molecule has 1 aromatic heterocycles. The van der Waals surface area contributed by atoms with E-state index < -0.39 is 0 Å². The maximum Gasteiger partial charge on any atom is 0.0501 e. The fourth-order valence-corrected chi connectivity index (χ4v) is 3.58. The molecular formula is C16H25N3O. The van der Waals surface area contributed by atoms with Crippen molar-refractivity contribution in [2.75, 3.05) is 44.2 Å². The second-order valence-electron chi connectivity index (χ2n) is 6.33. The molecule has 1 aromatic rings. The zero-order chi connectivity index (χ0) is 13.8. The third-order valence-electron chi connectivity index (χ3n) is 4.95. The van der Waals surface area contributed by atoms with Crippen molar-refractivity contribution < 1.29 is 5.11 Å². The summed E-state index contributed by atoms with van der Waals surface area (Å²) in [7, 11) is 0. The topological polar surface area (TPSA) is 39.6 Å². The summed E-state index contributed by atoms with van der Waals surface area (Å²) < 4.78 is 0. The van der Waals surface area contributed by atoms with Crippen LogP contribution < -0.4 is 4.90 Å². The first kappa shape index (κ1) is 13.8. The Hall–Kier alpha value is -1.13. The Morgan fingerprint density at radius 1 is 1.05 bits per heavy atom. The van der Waals surface area contributed by atoms with Crippen LogP contribution in [0.2, 0.25) is 0 Å². The van der Waals surface area contributed by atoms with E-state index in [0.29, 0.717) is 6.61 Å². The molecule has 0 atom stereocenters. The van der Waals surface area contributed by atoms with Crippen molar-refractivity contribution in [1.29, 1.82) is 0 Å². The maximum absolute atomic E-state index is 9.90. The molecule has 0 amide bonds. The minimum Gasteiger partial charge on any atom is -0.396 e. The van der Waals surface area contributed by atoms with Gasteiger partial charge in [-0.25, -0.2) is 0 Å². The van der Waals surface area contributed by atoms with E-state index in [1.807, 2.05) is 12.4 Å². The van der Waals surface area contributed by atoms with Crippen molar-refractivity contribution >= 4 is 5.69 Å². The van der Waals surface area contributed by atoms with Gasteiger partial charge in [0.1, 0.15) is 0 Å². The summed E-state index contributed by atoms with van der Waals surface area (Å²) in [6.07, 6.45) is 8.53. The maximum atomic E-state index is 9.90. The second-order valence-corrected chi connectivity index (χ2v) is 6.33. The van der Waals surface area contributed by atoms with E-state index in [9.17, 15) is 5.11 Å². The lowest BCUT2D eigenvalue weighted by Crippen LogP contribution is -2.47. The zero-order valence-electron chi connectivity index (χ0n) is 12.2. The fourth-order valence-electron chi connectivity index (χ4n) is 3.58. The third-order valence-corrected chi connectivity index (χ3v) is 4.95. The number of aliphatic hydroxyl groups excluding tert-OH is 1. The van der Waals surface area contributed by atoms with E-state index in [-0.39, 0.29) is 5.41 Å². The molecule has 0 aliphatic carbocycles. The van der Waals surface area contributed by atoms with Gasteiger partial charge in [-0.1, -0.05) is 0 Å². The van der Waals surface area contributed by atoms with Gasteiger partial charge in [0.05, 0.1) is 6.61 Å². The minimum absolute atomic E-state index is 0.119. The van der Waals surface area contributed by atoms with Gasteiger partial charge in [-0.3, -0.25) is 4.98 Å². The molecule has 3 rings (SSSR count).